The van der Waals surface area contributed by atoms with Gasteiger partial charge < -0.3 is 14.6 Å². The molecule has 110 valence electrons. The van der Waals surface area contributed by atoms with Crippen molar-refractivity contribution in [2.75, 3.05) is 13.7 Å². The molecule has 1 aromatic carbocycles. The topological polar surface area (TPSA) is 68.7 Å². The smallest absolute Gasteiger partial charge is 0.357 e. The van der Waals surface area contributed by atoms with Gasteiger partial charge in [-0.05, 0) is 32.1 Å². The number of phenolic OH excluding ortho intramolecular Hbond substituents is 1. The molecule has 5 nitrogen and oxygen atoms in total. The van der Waals surface area contributed by atoms with Crippen LogP contribution in [0.2, 0.25) is 0 Å². The number of carbonyl (C=O) groups excluding carboxylic acids is 1. The fourth-order valence-corrected chi connectivity index (χ4v) is 1.83. The number of nitrogens with zero attached hydrogens (tertiary/aromatic N) is 1. The number of esters is 1. The Morgan fingerprint density at radius 2 is 2.14 bits per heavy atom. The lowest BCUT2D eigenvalue weighted by Crippen LogP contribution is -2.08. The number of pyridine rings is 1. The van der Waals surface area contributed by atoms with Crippen molar-refractivity contribution in [2.45, 2.75) is 13.8 Å². The molecule has 0 aliphatic rings. The fraction of sp³-hybridized carbons (Fsp3) is 0.250. The molecule has 0 saturated heterocycles. The number of allylic oxidation sites excluding steroid dienone is 1. The minimum absolute atomic E-state index is 0.00949. The van der Waals surface area contributed by atoms with E-state index < -0.39 is 5.97 Å². The summed E-state index contributed by atoms with van der Waals surface area (Å²) in [6.45, 7) is 4.02. The lowest BCUT2D eigenvalue weighted by Gasteiger charge is -2.09. The highest BCUT2D eigenvalue weighted by Gasteiger charge is 2.15. The number of fused-ring (bicyclic) bond motifs is 1. The summed E-state index contributed by atoms with van der Waals surface area (Å²) in [5.41, 5.74) is 1.47. The second-order valence-electron chi connectivity index (χ2n) is 4.76. The molecule has 0 aliphatic heterocycles. The molecule has 0 radical (unpaired) electrons. The lowest BCUT2D eigenvalue weighted by atomic mass is 10.1. The molecule has 0 fully saturated rings. The Morgan fingerprint density at radius 1 is 1.38 bits per heavy atom. The third kappa shape index (κ3) is 3.31. The van der Waals surface area contributed by atoms with Gasteiger partial charge in [-0.1, -0.05) is 11.6 Å². The zero-order chi connectivity index (χ0) is 15.4. The van der Waals surface area contributed by atoms with Gasteiger partial charge in [0.1, 0.15) is 23.6 Å². The van der Waals surface area contributed by atoms with Crippen molar-refractivity contribution < 1.29 is 19.4 Å². The summed E-state index contributed by atoms with van der Waals surface area (Å²) in [7, 11) is 1.50. The Kier molecular flexibility index (Phi) is 4.42. The molecule has 1 heterocycles. The summed E-state index contributed by atoms with van der Waals surface area (Å²) in [5, 5.41) is 10.5. The van der Waals surface area contributed by atoms with Crippen LogP contribution >= 0.6 is 0 Å². The van der Waals surface area contributed by atoms with Gasteiger partial charge in [0.2, 0.25) is 0 Å². The summed E-state index contributed by atoms with van der Waals surface area (Å²) in [6, 6.07) is 6.47. The fourth-order valence-electron chi connectivity index (χ4n) is 1.83. The minimum atomic E-state index is -0.559. The van der Waals surface area contributed by atoms with Crippen LogP contribution in [-0.4, -0.2) is 29.8 Å². The predicted octanol–water partition coefficient (Wildman–Crippen LogP) is 3.07. The molecule has 21 heavy (non-hydrogen) atoms. The molecule has 0 spiro atoms. The highest BCUT2D eigenvalue weighted by Crippen LogP contribution is 2.30. The number of phenols is 1. The van der Waals surface area contributed by atoms with Crippen molar-refractivity contribution in [3.05, 3.63) is 41.6 Å². The second-order valence-corrected chi connectivity index (χ2v) is 4.76. The van der Waals surface area contributed by atoms with Gasteiger partial charge in [0.15, 0.2) is 5.69 Å². The largest absolute Gasteiger partial charge is 0.506 e. The SMILES string of the molecule is COc1cc(C(=O)OCC=C(C)C)nc2c(O)cccc12. The monoisotopic (exact) mass is 287 g/mol. The van der Waals surface area contributed by atoms with Crippen LogP contribution in [0.1, 0.15) is 24.3 Å². The third-order valence-corrected chi connectivity index (χ3v) is 2.92. The summed E-state index contributed by atoms with van der Waals surface area (Å²) in [4.78, 5) is 16.2. The highest BCUT2D eigenvalue weighted by molar-refractivity contribution is 5.96. The number of hydrogen-bond acceptors (Lipinski definition) is 5. The van der Waals surface area contributed by atoms with Gasteiger partial charge in [0.05, 0.1) is 7.11 Å². The Labute approximate surface area is 122 Å². The van der Waals surface area contributed by atoms with Gasteiger partial charge in [-0.15, -0.1) is 0 Å². The maximum absolute atomic E-state index is 12.0. The molecule has 0 aliphatic carbocycles. The summed E-state index contributed by atoms with van der Waals surface area (Å²) < 4.78 is 10.4. The maximum Gasteiger partial charge on any atom is 0.357 e. The molecule has 0 unspecified atom stereocenters. The zero-order valence-electron chi connectivity index (χ0n) is 12.2. The van der Waals surface area contributed by atoms with Crippen LogP contribution in [0.15, 0.2) is 35.9 Å². The summed E-state index contributed by atoms with van der Waals surface area (Å²) >= 11 is 0. The summed E-state index contributed by atoms with van der Waals surface area (Å²) in [6.07, 6.45) is 1.80. The first-order valence-electron chi connectivity index (χ1n) is 6.50. The molecule has 0 bridgehead atoms. The number of ether oxygens (including phenoxy) is 2. The molecule has 2 rings (SSSR count). The standard InChI is InChI=1S/C16H17NO4/c1-10(2)7-8-21-16(19)12-9-14(20-3)11-5-4-6-13(18)15(11)17-12/h4-7,9,18H,8H2,1-3H3. The highest BCUT2D eigenvalue weighted by atomic mass is 16.5. The van der Waals surface area contributed by atoms with Crippen molar-refractivity contribution in [2.24, 2.45) is 0 Å². The van der Waals surface area contributed by atoms with E-state index >= 15 is 0 Å². The Hall–Kier alpha value is -2.56. The Balaban J connectivity index is 2.38. The normalized spacial score (nSPS) is 10.2. The predicted molar refractivity (Wildman–Crippen MR) is 79.7 cm³/mol. The van der Waals surface area contributed by atoms with E-state index in [2.05, 4.69) is 4.98 Å². The van der Waals surface area contributed by atoms with Gasteiger partial charge in [-0.25, -0.2) is 9.78 Å². The first-order chi connectivity index (χ1) is 10.0. The van der Waals surface area contributed by atoms with E-state index in [1.54, 1.807) is 18.2 Å². The van der Waals surface area contributed by atoms with Crippen LogP contribution in [0.3, 0.4) is 0 Å². The molecule has 1 aromatic heterocycles. The van der Waals surface area contributed by atoms with E-state index in [9.17, 15) is 9.90 Å². The zero-order valence-corrected chi connectivity index (χ0v) is 12.2. The molecule has 2 aromatic rings. The van der Waals surface area contributed by atoms with E-state index in [-0.39, 0.29) is 18.1 Å². The van der Waals surface area contributed by atoms with Crippen LogP contribution in [0.4, 0.5) is 0 Å². The number of aromatic nitrogens is 1. The van der Waals surface area contributed by atoms with E-state index in [1.165, 1.54) is 19.2 Å². The van der Waals surface area contributed by atoms with Crippen LogP contribution in [-0.2, 0) is 4.74 Å². The van der Waals surface area contributed by atoms with Gasteiger partial charge in [0, 0.05) is 11.5 Å². The molecule has 0 amide bonds. The number of aromatic hydroxyl groups is 1. The van der Waals surface area contributed by atoms with Crippen molar-refractivity contribution >= 4 is 16.9 Å². The van der Waals surface area contributed by atoms with E-state index in [0.717, 1.165) is 5.57 Å². The average molecular weight is 287 g/mol. The first-order valence-corrected chi connectivity index (χ1v) is 6.50. The van der Waals surface area contributed by atoms with E-state index in [0.29, 0.717) is 16.7 Å². The van der Waals surface area contributed by atoms with Gasteiger partial charge in [-0.3, -0.25) is 0 Å². The van der Waals surface area contributed by atoms with Gasteiger partial charge >= 0.3 is 5.97 Å². The minimum Gasteiger partial charge on any atom is -0.506 e. The number of hydrogen-bond donors (Lipinski definition) is 1. The van der Waals surface area contributed by atoms with E-state index in [1.807, 2.05) is 13.8 Å². The van der Waals surface area contributed by atoms with Crippen LogP contribution < -0.4 is 4.74 Å². The van der Waals surface area contributed by atoms with E-state index in [4.69, 9.17) is 9.47 Å². The molecule has 1 N–H and O–H groups in total. The number of rotatable bonds is 4. The second kappa shape index (κ2) is 6.26. The number of carbonyl (C=O) groups is 1. The molecular weight excluding hydrogens is 270 g/mol. The van der Waals surface area contributed by atoms with Gasteiger partial charge in [0.25, 0.3) is 0 Å². The van der Waals surface area contributed by atoms with Crippen molar-refractivity contribution in [3.8, 4) is 11.5 Å². The number of para-hydroxylation sites is 1. The molecule has 0 saturated carbocycles. The quantitative estimate of drug-likeness (QED) is 0.691. The number of methoxy groups -OCH3 is 1. The Bertz CT molecular complexity index is 703. The average Bonchev–Trinajstić information content (AvgIpc) is 2.46. The van der Waals surface area contributed by atoms with Crippen molar-refractivity contribution in [1.82, 2.24) is 4.98 Å². The van der Waals surface area contributed by atoms with Crippen molar-refractivity contribution in [3.63, 3.8) is 0 Å². The molecular formula is C16H17NO4. The van der Waals surface area contributed by atoms with Crippen LogP contribution in [0, 0.1) is 0 Å². The van der Waals surface area contributed by atoms with Crippen LogP contribution in [0.5, 0.6) is 11.5 Å². The summed E-state index contributed by atoms with van der Waals surface area (Å²) in [5.74, 6) is -0.106. The lowest BCUT2D eigenvalue weighted by molar-refractivity contribution is 0.0542. The van der Waals surface area contributed by atoms with Crippen molar-refractivity contribution in [1.29, 1.82) is 0 Å². The van der Waals surface area contributed by atoms with Crippen LogP contribution in [0.25, 0.3) is 10.9 Å². The third-order valence-electron chi connectivity index (χ3n) is 2.92. The Morgan fingerprint density at radius 3 is 2.81 bits per heavy atom. The maximum atomic E-state index is 12.0. The number of benzene rings is 1. The molecule has 5 heteroatoms. The molecule has 0 atom stereocenters. The van der Waals surface area contributed by atoms with Gasteiger partial charge in [-0.2, -0.15) is 0 Å². The first kappa shape index (κ1) is 14.8.